The van der Waals surface area contributed by atoms with Crippen molar-refractivity contribution >= 4 is 33.0 Å². The summed E-state index contributed by atoms with van der Waals surface area (Å²) >= 11 is 11.8. The summed E-state index contributed by atoms with van der Waals surface area (Å²) in [5.41, 5.74) is 1.09. The van der Waals surface area contributed by atoms with Crippen molar-refractivity contribution in [2.45, 2.75) is 28.2 Å². The number of sulfone groups is 1. The first kappa shape index (κ1) is 16.2. The molecule has 24 heavy (non-hydrogen) atoms. The van der Waals surface area contributed by atoms with E-state index in [9.17, 15) is 8.42 Å². The third kappa shape index (κ3) is 2.60. The Bertz CT molecular complexity index is 914. The fourth-order valence-electron chi connectivity index (χ4n) is 3.34. The van der Waals surface area contributed by atoms with Crippen LogP contribution < -0.4 is 10.1 Å². The Labute approximate surface area is 150 Å². The van der Waals surface area contributed by atoms with E-state index in [-0.39, 0.29) is 20.9 Å². The first-order valence-electron chi connectivity index (χ1n) is 7.68. The Kier molecular flexibility index (Phi) is 4.00. The average Bonchev–Trinajstić information content (AvgIpc) is 2.95. The Morgan fingerprint density at radius 1 is 1.04 bits per heavy atom. The van der Waals surface area contributed by atoms with Crippen molar-refractivity contribution in [1.29, 1.82) is 0 Å². The maximum absolute atomic E-state index is 12.8. The van der Waals surface area contributed by atoms with E-state index in [0.717, 1.165) is 25.1 Å². The molecule has 126 valence electrons. The van der Waals surface area contributed by atoms with Gasteiger partial charge in [-0.2, -0.15) is 0 Å². The number of rotatable bonds is 2. The highest BCUT2D eigenvalue weighted by atomic mass is 35.5. The first-order valence-corrected chi connectivity index (χ1v) is 9.92. The zero-order valence-electron chi connectivity index (χ0n) is 12.6. The van der Waals surface area contributed by atoms with Gasteiger partial charge in [-0.3, -0.25) is 0 Å². The number of halogens is 2. The van der Waals surface area contributed by atoms with Gasteiger partial charge in [0.25, 0.3) is 0 Å². The molecule has 2 atom stereocenters. The third-order valence-electron chi connectivity index (χ3n) is 4.60. The standard InChI is InChI=1S/C17H15Cl2NO3S/c18-14-4-2-10(7-15(14)19)24(21,22)11-1-3-12-13-5-6-20-9-17(13)23-16(12)8-11/h1-4,7-8,13,17,20H,5-6,9H2. The van der Waals surface area contributed by atoms with Crippen molar-refractivity contribution < 1.29 is 13.2 Å². The molecule has 4 rings (SSSR count). The van der Waals surface area contributed by atoms with Gasteiger partial charge in [0.05, 0.1) is 19.8 Å². The summed E-state index contributed by atoms with van der Waals surface area (Å²) in [7, 11) is -3.67. The summed E-state index contributed by atoms with van der Waals surface area (Å²) in [6, 6.07) is 9.45. The predicted molar refractivity (Wildman–Crippen MR) is 93.0 cm³/mol. The Hall–Kier alpha value is -1.27. The summed E-state index contributed by atoms with van der Waals surface area (Å²) in [4.78, 5) is 0.320. The van der Waals surface area contributed by atoms with Gasteiger partial charge in [-0.05, 0) is 43.3 Å². The molecule has 2 heterocycles. The van der Waals surface area contributed by atoms with E-state index in [1.807, 2.05) is 6.07 Å². The van der Waals surface area contributed by atoms with Crippen LogP contribution in [0.25, 0.3) is 0 Å². The molecule has 0 aromatic heterocycles. The van der Waals surface area contributed by atoms with Crippen molar-refractivity contribution in [3.63, 3.8) is 0 Å². The number of piperidine rings is 1. The van der Waals surface area contributed by atoms with Gasteiger partial charge in [-0.25, -0.2) is 8.42 Å². The van der Waals surface area contributed by atoms with Gasteiger partial charge in [-0.15, -0.1) is 0 Å². The van der Waals surface area contributed by atoms with Crippen LogP contribution in [0.1, 0.15) is 17.9 Å². The molecule has 0 saturated carbocycles. The second-order valence-corrected chi connectivity index (χ2v) is 8.80. The number of ether oxygens (including phenoxy) is 1. The number of hydrogen-bond acceptors (Lipinski definition) is 4. The number of benzene rings is 2. The maximum atomic E-state index is 12.8. The number of hydrogen-bond donors (Lipinski definition) is 1. The van der Waals surface area contributed by atoms with E-state index in [2.05, 4.69) is 5.32 Å². The molecule has 0 bridgehead atoms. The second kappa shape index (κ2) is 5.92. The highest BCUT2D eigenvalue weighted by Gasteiger charge is 2.36. The fraction of sp³-hybridized carbons (Fsp3) is 0.294. The van der Waals surface area contributed by atoms with Gasteiger partial charge in [0.2, 0.25) is 9.84 Å². The van der Waals surface area contributed by atoms with E-state index in [4.69, 9.17) is 27.9 Å². The van der Waals surface area contributed by atoms with E-state index in [1.54, 1.807) is 12.1 Å². The summed E-state index contributed by atoms with van der Waals surface area (Å²) < 4.78 is 31.6. The van der Waals surface area contributed by atoms with Crippen molar-refractivity contribution in [3.8, 4) is 5.75 Å². The predicted octanol–water partition coefficient (Wildman–Crippen LogP) is 3.66. The largest absolute Gasteiger partial charge is 0.488 e. The summed E-state index contributed by atoms with van der Waals surface area (Å²) in [5, 5.41) is 3.84. The zero-order valence-corrected chi connectivity index (χ0v) is 15.0. The van der Waals surface area contributed by atoms with E-state index in [0.29, 0.717) is 16.7 Å². The van der Waals surface area contributed by atoms with Gasteiger partial charge < -0.3 is 10.1 Å². The Morgan fingerprint density at radius 3 is 2.58 bits per heavy atom. The molecule has 1 saturated heterocycles. The van der Waals surface area contributed by atoms with Gasteiger partial charge in [-0.1, -0.05) is 29.3 Å². The molecule has 0 aliphatic carbocycles. The molecule has 2 aliphatic rings. The lowest BCUT2D eigenvalue weighted by Crippen LogP contribution is -2.39. The summed E-state index contributed by atoms with van der Waals surface area (Å²) in [6.07, 6.45) is 1.08. The molecule has 2 aromatic carbocycles. The molecule has 2 aliphatic heterocycles. The normalized spacial score (nSPS) is 22.6. The summed E-state index contributed by atoms with van der Waals surface area (Å²) in [5.74, 6) is 0.998. The zero-order chi connectivity index (χ0) is 16.9. The summed E-state index contributed by atoms with van der Waals surface area (Å²) in [6.45, 7) is 1.74. The quantitative estimate of drug-likeness (QED) is 0.859. The van der Waals surface area contributed by atoms with E-state index >= 15 is 0 Å². The minimum absolute atomic E-state index is 0.0803. The molecule has 2 aromatic rings. The first-order chi connectivity index (χ1) is 11.5. The average molecular weight is 384 g/mol. The second-order valence-electron chi connectivity index (χ2n) is 6.03. The molecule has 2 unspecified atom stereocenters. The molecular weight excluding hydrogens is 369 g/mol. The van der Waals surface area contributed by atoms with Crippen LogP contribution in [0.2, 0.25) is 10.0 Å². The maximum Gasteiger partial charge on any atom is 0.206 e. The van der Waals surface area contributed by atoms with Gasteiger partial charge in [0, 0.05) is 18.0 Å². The smallest absolute Gasteiger partial charge is 0.206 e. The van der Waals surface area contributed by atoms with Crippen LogP contribution in [0.5, 0.6) is 5.75 Å². The van der Waals surface area contributed by atoms with Crippen molar-refractivity contribution in [2.75, 3.05) is 13.1 Å². The minimum Gasteiger partial charge on any atom is -0.488 e. The van der Waals surface area contributed by atoms with Gasteiger partial charge in [0.1, 0.15) is 11.9 Å². The number of nitrogens with one attached hydrogen (secondary N) is 1. The Balaban J connectivity index is 1.74. The molecular formula is C17H15Cl2NO3S. The van der Waals surface area contributed by atoms with E-state index < -0.39 is 9.84 Å². The topological polar surface area (TPSA) is 55.4 Å². The molecule has 0 spiro atoms. The minimum atomic E-state index is -3.67. The third-order valence-corrected chi connectivity index (χ3v) is 7.09. The Morgan fingerprint density at radius 2 is 1.79 bits per heavy atom. The van der Waals surface area contributed by atoms with Crippen molar-refractivity contribution in [2.24, 2.45) is 0 Å². The van der Waals surface area contributed by atoms with Crippen LogP contribution in [0, 0.1) is 0 Å². The lowest BCUT2D eigenvalue weighted by molar-refractivity contribution is 0.176. The van der Waals surface area contributed by atoms with Crippen LogP contribution >= 0.6 is 23.2 Å². The molecule has 1 N–H and O–H groups in total. The van der Waals surface area contributed by atoms with Crippen LogP contribution in [-0.2, 0) is 9.84 Å². The van der Waals surface area contributed by atoms with Crippen LogP contribution in [0.4, 0.5) is 0 Å². The molecule has 0 amide bonds. The number of fused-ring (bicyclic) bond motifs is 3. The van der Waals surface area contributed by atoms with Gasteiger partial charge >= 0.3 is 0 Å². The van der Waals surface area contributed by atoms with Crippen LogP contribution in [0.3, 0.4) is 0 Å². The van der Waals surface area contributed by atoms with E-state index in [1.165, 1.54) is 18.2 Å². The lowest BCUT2D eigenvalue weighted by atomic mass is 9.90. The SMILES string of the molecule is O=S(=O)(c1ccc(Cl)c(Cl)c1)c1ccc2c(c1)OC1CNCCC21. The van der Waals surface area contributed by atoms with Crippen LogP contribution in [0.15, 0.2) is 46.2 Å². The molecule has 1 fully saturated rings. The molecule has 0 radical (unpaired) electrons. The molecule has 4 nitrogen and oxygen atoms in total. The monoisotopic (exact) mass is 383 g/mol. The van der Waals surface area contributed by atoms with Crippen LogP contribution in [-0.4, -0.2) is 27.6 Å². The highest BCUT2D eigenvalue weighted by Crippen LogP contribution is 2.42. The highest BCUT2D eigenvalue weighted by molar-refractivity contribution is 7.91. The molecule has 7 heteroatoms. The fourth-order valence-corrected chi connectivity index (χ4v) is 5.01. The van der Waals surface area contributed by atoms with Gasteiger partial charge in [0.15, 0.2) is 0 Å². The lowest BCUT2D eigenvalue weighted by Gasteiger charge is -2.24. The van der Waals surface area contributed by atoms with Crippen molar-refractivity contribution in [3.05, 3.63) is 52.0 Å². The van der Waals surface area contributed by atoms with Crippen molar-refractivity contribution in [1.82, 2.24) is 5.32 Å².